The maximum Gasteiger partial charge on any atom is 0.131 e. The highest BCUT2D eigenvalue weighted by Gasteiger charge is 2.06. The Labute approximate surface area is 111 Å². The molecule has 2 heterocycles. The van der Waals surface area contributed by atoms with E-state index in [0.717, 1.165) is 18.1 Å². The van der Waals surface area contributed by atoms with E-state index in [-0.39, 0.29) is 0 Å². The fourth-order valence-electron chi connectivity index (χ4n) is 1.77. The molecule has 2 aromatic rings. The van der Waals surface area contributed by atoms with Crippen molar-refractivity contribution < 1.29 is 0 Å². The van der Waals surface area contributed by atoms with Crippen LogP contribution in [0.25, 0.3) is 0 Å². The van der Waals surface area contributed by atoms with Crippen LogP contribution in [-0.4, -0.2) is 23.1 Å². The van der Waals surface area contributed by atoms with Crippen molar-refractivity contribution in [1.82, 2.24) is 9.97 Å². The zero-order valence-corrected chi connectivity index (χ0v) is 11.7. The van der Waals surface area contributed by atoms with E-state index in [2.05, 4.69) is 46.6 Å². The van der Waals surface area contributed by atoms with E-state index in [1.54, 1.807) is 6.33 Å². The lowest BCUT2D eigenvalue weighted by molar-refractivity contribution is 0.793. The molecule has 1 atom stereocenters. The van der Waals surface area contributed by atoms with Gasteiger partial charge in [0, 0.05) is 35.3 Å². The Balaban J connectivity index is 1.96. The smallest absolute Gasteiger partial charge is 0.131 e. The summed E-state index contributed by atoms with van der Waals surface area (Å²) in [6, 6.07) is 6.62. The highest BCUT2D eigenvalue weighted by atomic mass is 32.1. The number of aryl methyl sites for hydroxylation is 1. The minimum atomic E-state index is 0.350. The topological polar surface area (TPSA) is 49.8 Å². The molecule has 0 fully saturated rings. The Bertz CT molecular complexity index is 509. The molecule has 0 aliphatic heterocycles. The van der Waals surface area contributed by atoms with Gasteiger partial charge in [-0.3, -0.25) is 0 Å². The van der Waals surface area contributed by atoms with Gasteiger partial charge in [0.15, 0.2) is 0 Å². The Kier molecular flexibility index (Phi) is 4.15. The summed E-state index contributed by atoms with van der Waals surface area (Å²) in [7, 11) is 1.85. The van der Waals surface area contributed by atoms with Gasteiger partial charge in [0.25, 0.3) is 0 Å². The molecule has 4 nitrogen and oxygen atoms in total. The highest BCUT2D eigenvalue weighted by molar-refractivity contribution is 7.11. The van der Waals surface area contributed by atoms with Gasteiger partial charge >= 0.3 is 0 Å². The normalized spacial score (nSPS) is 12.2. The van der Waals surface area contributed by atoms with Crippen LogP contribution in [0, 0.1) is 6.92 Å². The molecule has 0 aliphatic carbocycles. The van der Waals surface area contributed by atoms with Gasteiger partial charge < -0.3 is 10.6 Å². The number of aromatic nitrogens is 2. The average Bonchev–Trinajstić information content (AvgIpc) is 2.74. The summed E-state index contributed by atoms with van der Waals surface area (Å²) in [5.74, 6) is 1.68. The number of thiophene rings is 1. The molecular formula is C13H18N4S. The second kappa shape index (κ2) is 5.82. The van der Waals surface area contributed by atoms with Crippen molar-refractivity contribution in [2.45, 2.75) is 26.3 Å². The van der Waals surface area contributed by atoms with Gasteiger partial charge in [-0.05, 0) is 26.0 Å². The zero-order chi connectivity index (χ0) is 13.0. The summed E-state index contributed by atoms with van der Waals surface area (Å²) in [5, 5.41) is 6.39. The van der Waals surface area contributed by atoms with Crippen molar-refractivity contribution in [3.05, 3.63) is 34.3 Å². The molecule has 2 N–H and O–H groups in total. The van der Waals surface area contributed by atoms with E-state index >= 15 is 0 Å². The first-order valence-electron chi connectivity index (χ1n) is 5.99. The minimum absolute atomic E-state index is 0.350. The summed E-state index contributed by atoms with van der Waals surface area (Å²) < 4.78 is 0. The average molecular weight is 262 g/mol. The Hall–Kier alpha value is -1.62. The van der Waals surface area contributed by atoms with Crippen LogP contribution in [-0.2, 0) is 6.42 Å². The largest absolute Gasteiger partial charge is 0.373 e. The molecular weight excluding hydrogens is 244 g/mol. The minimum Gasteiger partial charge on any atom is -0.373 e. The third-order valence-corrected chi connectivity index (χ3v) is 3.64. The first kappa shape index (κ1) is 12.8. The first-order valence-corrected chi connectivity index (χ1v) is 6.80. The summed E-state index contributed by atoms with van der Waals surface area (Å²) in [5.41, 5.74) is 0. The quantitative estimate of drug-likeness (QED) is 0.870. The van der Waals surface area contributed by atoms with Crippen LogP contribution in [0.1, 0.15) is 16.7 Å². The predicted molar refractivity (Wildman–Crippen MR) is 77.4 cm³/mol. The molecule has 0 bridgehead atoms. The summed E-state index contributed by atoms with van der Waals surface area (Å²) in [6.07, 6.45) is 2.58. The lowest BCUT2D eigenvalue weighted by Gasteiger charge is -2.13. The molecule has 18 heavy (non-hydrogen) atoms. The van der Waals surface area contributed by atoms with Crippen LogP contribution in [0.5, 0.6) is 0 Å². The Morgan fingerprint density at radius 3 is 2.72 bits per heavy atom. The second-order valence-corrected chi connectivity index (χ2v) is 5.67. The van der Waals surface area contributed by atoms with Crippen molar-refractivity contribution in [3.63, 3.8) is 0 Å². The molecule has 5 heteroatoms. The summed E-state index contributed by atoms with van der Waals surface area (Å²) in [4.78, 5) is 11.1. The van der Waals surface area contributed by atoms with E-state index in [9.17, 15) is 0 Å². The van der Waals surface area contributed by atoms with Crippen molar-refractivity contribution in [2.24, 2.45) is 0 Å². The van der Waals surface area contributed by atoms with E-state index < -0.39 is 0 Å². The Morgan fingerprint density at radius 2 is 2.06 bits per heavy atom. The maximum absolute atomic E-state index is 4.22. The van der Waals surface area contributed by atoms with Crippen LogP contribution in [0.2, 0.25) is 0 Å². The molecule has 0 amide bonds. The van der Waals surface area contributed by atoms with E-state index in [1.165, 1.54) is 9.75 Å². The van der Waals surface area contributed by atoms with Gasteiger partial charge in [0.05, 0.1) is 0 Å². The number of hydrogen-bond acceptors (Lipinski definition) is 5. The lowest BCUT2D eigenvalue weighted by Crippen LogP contribution is -2.18. The molecule has 0 saturated heterocycles. The van der Waals surface area contributed by atoms with E-state index in [0.29, 0.717) is 6.04 Å². The third kappa shape index (κ3) is 3.43. The zero-order valence-electron chi connectivity index (χ0n) is 10.9. The number of nitrogens with one attached hydrogen (secondary N) is 2. The van der Waals surface area contributed by atoms with Gasteiger partial charge in [-0.1, -0.05) is 0 Å². The molecule has 0 saturated carbocycles. The van der Waals surface area contributed by atoms with Gasteiger partial charge in [-0.15, -0.1) is 11.3 Å². The van der Waals surface area contributed by atoms with Gasteiger partial charge in [0.2, 0.25) is 0 Å². The van der Waals surface area contributed by atoms with E-state index in [4.69, 9.17) is 0 Å². The van der Waals surface area contributed by atoms with Crippen LogP contribution in [0.4, 0.5) is 11.6 Å². The first-order chi connectivity index (χ1) is 8.67. The summed E-state index contributed by atoms with van der Waals surface area (Å²) in [6.45, 7) is 4.30. The number of hydrogen-bond donors (Lipinski definition) is 2. The van der Waals surface area contributed by atoms with Gasteiger partial charge in [-0.2, -0.15) is 0 Å². The molecule has 0 aromatic carbocycles. The molecule has 96 valence electrons. The van der Waals surface area contributed by atoms with Gasteiger partial charge in [-0.25, -0.2) is 9.97 Å². The Morgan fingerprint density at radius 1 is 1.28 bits per heavy atom. The molecule has 0 spiro atoms. The molecule has 2 aromatic heterocycles. The van der Waals surface area contributed by atoms with Crippen molar-refractivity contribution in [1.29, 1.82) is 0 Å². The van der Waals surface area contributed by atoms with Crippen LogP contribution >= 0.6 is 11.3 Å². The molecule has 1 unspecified atom stereocenters. The number of anilines is 2. The van der Waals surface area contributed by atoms with Crippen LogP contribution < -0.4 is 10.6 Å². The third-order valence-electron chi connectivity index (χ3n) is 2.62. The van der Waals surface area contributed by atoms with Crippen molar-refractivity contribution in [3.8, 4) is 0 Å². The number of rotatable bonds is 5. The predicted octanol–water partition coefficient (Wildman–Crippen LogP) is 2.93. The molecule has 2 rings (SSSR count). The van der Waals surface area contributed by atoms with Crippen molar-refractivity contribution >= 4 is 23.0 Å². The van der Waals surface area contributed by atoms with Crippen LogP contribution in [0.3, 0.4) is 0 Å². The van der Waals surface area contributed by atoms with Crippen LogP contribution in [0.15, 0.2) is 24.5 Å². The van der Waals surface area contributed by atoms with Crippen molar-refractivity contribution in [2.75, 3.05) is 17.7 Å². The lowest BCUT2D eigenvalue weighted by atomic mass is 10.2. The fraction of sp³-hybridized carbons (Fsp3) is 0.385. The second-order valence-electron chi connectivity index (χ2n) is 4.30. The standard InChI is InChI=1S/C13H18N4S/c1-9(6-11-5-4-10(2)18-11)17-13-7-12(14-3)15-8-16-13/h4-5,7-9H,6H2,1-3H3,(H2,14,15,16,17). The fourth-order valence-corrected chi connectivity index (χ4v) is 2.79. The maximum atomic E-state index is 4.22. The number of nitrogens with zero attached hydrogens (tertiary/aromatic N) is 2. The summed E-state index contributed by atoms with van der Waals surface area (Å²) >= 11 is 1.85. The highest BCUT2D eigenvalue weighted by Crippen LogP contribution is 2.18. The SMILES string of the molecule is CNc1cc(NC(C)Cc2ccc(C)s2)ncn1. The molecule has 0 radical (unpaired) electrons. The molecule has 0 aliphatic rings. The van der Waals surface area contributed by atoms with Gasteiger partial charge in [0.1, 0.15) is 18.0 Å². The monoisotopic (exact) mass is 262 g/mol. The van der Waals surface area contributed by atoms with E-state index in [1.807, 2.05) is 24.5 Å².